The fourth-order valence-corrected chi connectivity index (χ4v) is 7.23. The van der Waals surface area contributed by atoms with Gasteiger partial charge in [0.1, 0.15) is 15.9 Å². The first-order valence-electron chi connectivity index (χ1n) is 14.7. The summed E-state index contributed by atoms with van der Waals surface area (Å²) in [5.41, 5.74) is 3.39. The molecule has 0 heterocycles. The molecule has 0 aromatic heterocycles. The summed E-state index contributed by atoms with van der Waals surface area (Å²) in [4.78, 5) is 13.6. The molecule has 4 rings (SSSR count). The van der Waals surface area contributed by atoms with E-state index in [1.54, 1.807) is 12.1 Å². The van der Waals surface area contributed by atoms with E-state index in [-0.39, 0.29) is 27.6 Å². The first-order valence-corrected chi connectivity index (χ1v) is 16.1. The Kier molecular flexibility index (Phi) is 8.68. The maximum atomic E-state index is 13.6. The molecule has 0 radical (unpaired) electrons. The molecule has 0 spiro atoms. The molecule has 2 aromatic rings. The number of rotatable bonds is 5. The predicted octanol–water partition coefficient (Wildman–Crippen LogP) is 8.50. The van der Waals surface area contributed by atoms with Gasteiger partial charge in [-0.15, -0.1) is 0 Å². The molecular weight excluding hydrogens is 508 g/mol. The van der Waals surface area contributed by atoms with Crippen LogP contribution in [0.4, 0.5) is 0 Å². The fraction of sp³-hybridized carbons (Fsp3) is 0.606. The van der Waals surface area contributed by atoms with Crippen LogP contribution in [0.1, 0.15) is 150 Å². The van der Waals surface area contributed by atoms with Crippen molar-refractivity contribution >= 4 is 16.1 Å². The van der Waals surface area contributed by atoms with Gasteiger partial charge in [0.2, 0.25) is 0 Å². The molecule has 0 amide bonds. The van der Waals surface area contributed by atoms with Gasteiger partial charge in [0, 0.05) is 0 Å². The van der Waals surface area contributed by atoms with E-state index < -0.39 is 16.1 Å². The zero-order valence-corrected chi connectivity index (χ0v) is 25.4. The topological polar surface area (TPSA) is 83.5 Å². The minimum atomic E-state index is -4.69. The Morgan fingerprint density at radius 3 is 1.49 bits per heavy atom. The number of hydrogen-bond acceptors (Lipinski definition) is 5. The van der Waals surface area contributed by atoms with E-state index >= 15 is 0 Å². The summed E-state index contributed by atoms with van der Waals surface area (Å²) >= 11 is 0. The van der Waals surface area contributed by atoms with Crippen molar-refractivity contribution in [3.8, 4) is 5.75 Å². The molecule has 0 atom stereocenters. The molecule has 0 saturated heterocycles. The first-order chi connectivity index (χ1) is 18.1. The smallest absolute Gasteiger partial charge is 0.343 e. The normalized spacial score (nSPS) is 18.2. The van der Waals surface area contributed by atoms with Crippen LogP contribution in [-0.2, 0) is 20.9 Å². The number of carbonyl (C=O) groups is 1. The summed E-state index contributed by atoms with van der Waals surface area (Å²) in [5, 5.41) is 0. The maximum absolute atomic E-state index is 13.6. The number of esters is 1. The monoisotopic (exact) mass is 553 g/mol. The minimum absolute atomic E-state index is 0.0184. The van der Waals surface area contributed by atoms with Crippen LogP contribution in [0.2, 0.25) is 0 Å². The summed E-state index contributed by atoms with van der Waals surface area (Å²) in [6.07, 6.45) is 9.59. The highest BCUT2D eigenvalue weighted by atomic mass is 32.2. The van der Waals surface area contributed by atoms with Gasteiger partial charge in [-0.3, -0.25) is 0 Å². The average molecular weight is 554 g/mol. The number of hydrogen-bond donors (Lipinski definition) is 0. The molecule has 2 fully saturated rings. The van der Waals surface area contributed by atoms with E-state index in [9.17, 15) is 17.8 Å². The highest BCUT2D eigenvalue weighted by molar-refractivity contribution is 7.85. The van der Waals surface area contributed by atoms with Crippen molar-refractivity contribution < 1.29 is 22.5 Å². The van der Waals surface area contributed by atoms with Gasteiger partial charge in [-0.25, -0.2) is 13.2 Å². The summed E-state index contributed by atoms with van der Waals surface area (Å²) in [5.74, 6) is -0.161. The molecule has 0 N–H and O–H groups in total. The van der Waals surface area contributed by atoms with E-state index in [1.807, 2.05) is 12.1 Å². The molecular formula is C33H45O5S-. The van der Waals surface area contributed by atoms with Crippen molar-refractivity contribution in [1.82, 2.24) is 0 Å². The standard InChI is InChI=1S/C33H46O5S/c1-32(2,3)25-17-24(18-26(19-25)33(4,5)6)31(34)38-27-20-28(22-13-9-7-10-14-22)30(39(35,36)37)29(21-27)23-15-11-8-12-16-23/h17-23H,7-16H2,1-6H3,(H,35,36,37)/p-1. The lowest BCUT2D eigenvalue weighted by molar-refractivity contribution is 0.0734. The Labute approximate surface area is 235 Å². The van der Waals surface area contributed by atoms with Crippen LogP contribution in [0, 0.1) is 0 Å². The molecule has 2 aromatic carbocycles. The second kappa shape index (κ2) is 11.4. The van der Waals surface area contributed by atoms with Gasteiger partial charge in [0.25, 0.3) is 0 Å². The Morgan fingerprint density at radius 1 is 0.718 bits per heavy atom. The molecule has 0 unspecified atom stereocenters. The Hall–Kier alpha value is -2.18. The SMILES string of the molecule is CC(C)(C)c1cc(C(=O)Oc2cc(C3CCCCC3)c(S(=O)(=O)[O-])c(C3CCCCC3)c2)cc(C(C)(C)C)c1. The van der Waals surface area contributed by atoms with E-state index in [0.29, 0.717) is 22.4 Å². The Bertz CT molecular complexity index is 1230. The lowest BCUT2D eigenvalue weighted by Crippen LogP contribution is -2.20. The van der Waals surface area contributed by atoms with Crippen molar-refractivity contribution in [3.05, 3.63) is 58.1 Å². The first kappa shape index (κ1) is 29.8. The van der Waals surface area contributed by atoms with Crippen molar-refractivity contribution in [2.75, 3.05) is 0 Å². The van der Waals surface area contributed by atoms with Gasteiger partial charge in [-0.2, -0.15) is 0 Å². The highest BCUT2D eigenvalue weighted by Crippen LogP contribution is 2.44. The zero-order valence-electron chi connectivity index (χ0n) is 24.6. The van der Waals surface area contributed by atoms with Gasteiger partial charge in [-0.1, -0.05) is 86.1 Å². The minimum Gasteiger partial charge on any atom is -0.744 e. The molecule has 0 aliphatic heterocycles. The second-order valence-electron chi connectivity index (χ2n) is 13.7. The van der Waals surface area contributed by atoms with Crippen LogP contribution >= 0.6 is 0 Å². The van der Waals surface area contributed by atoms with Gasteiger partial charge in [-0.05, 0) is 94.9 Å². The van der Waals surface area contributed by atoms with E-state index in [0.717, 1.165) is 75.3 Å². The lowest BCUT2D eigenvalue weighted by Gasteiger charge is -2.31. The van der Waals surface area contributed by atoms with E-state index in [2.05, 4.69) is 47.6 Å². The van der Waals surface area contributed by atoms with Crippen LogP contribution in [0.25, 0.3) is 0 Å². The van der Waals surface area contributed by atoms with Crippen LogP contribution in [0.15, 0.2) is 35.2 Å². The Balaban J connectivity index is 1.82. The zero-order chi connectivity index (χ0) is 28.6. The largest absolute Gasteiger partial charge is 0.744 e. The molecule has 2 saturated carbocycles. The third-order valence-corrected chi connectivity index (χ3v) is 9.54. The highest BCUT2D eigenvalue weighted by Gasteiger charge is 2.30. The van der Waals surface area contributed by atoms with Gasteiger partial charge in [0.05, 0.1) is 10.5 Å². The van der Waals surface area contributed by atoms with Crippen molar-refractivity contribution in [2.24, 2.45) is 0 Å². The van der Waals surface area contributed by atoms with E-state index in [4.69, 9.17) is 4.74 Å². The summed E-state index contributed by atoms with van der Waals surface area (Å²) < 4.78 is 44.2. The average Bonchev–Trinajstić information content (AvgIpc) is 2.87. The van der Waals surface area contributed by atoms with Gasteiger partial charge < -0.3 is 9.29 Å². The number of carbonyl (C=O) groups excluding carboxylic acids is 1. The third kappa shape index (κ3) is 7.13. The van der Waals surface area contributed by atoms with Crippen molar-refractivity contribution in [3.63, 3.8) is 0 Å². The third-order valence-electron chi connectivity index (χ3n) is 8.57. The molecule has 6 heteroatoms. The number of benzene rings is 2. The fourth-order valence-electron chi connectivity index (χ4n) is 6.20. The Morgan fingerprint density at radius 2 is 1.13 bits per heavy atom. The van der Waals surface area contributed by atoms with Gasteiger partial charge in [0.15, 0.2) is 0 Å². The van der Waals surface area contributed by atoms with Crippen LogP contribution in [0.5, 0.6) is 5.75 Å². The predicted molar refractivity (Wildman–Crippen MR) is 155 cm³/mol. The molecule has 5 nitrogen and oxygen atoms in total. The molecule has 0 bridgehead atoms. The van der Waals surface area contributed by atoms with Crippen molar-refractivity contribution in [2.45, 2.75) is 133 Å². The number of ether oxygens (including phenoxy) is 1. The summed E-state index contributed by atoms with van der Waals surface area (Å²) in [7, 11) is -4.69. The summed E-state index contributed by atoms with van der Waals surface area (Å²) in [6.45, 7) is 12.7. The van der Waals surface area contributed by atoms with Crippen LogP contribution in [0.3, 0.4) is 0 Å². The van der Waals surface area contributed by atoms with Crippen LogP contribution < -0.4 is 4.74 Å². The molecule has 214 valence electrons. The van der Waals surface area contributed by atoms with Crippen molar-refractivity contribution in [1.29, 1.82) is 0 Å². The summed E-state index contributed by atoms with van der Waals surface area (Å²) in [6, 6.07) is 9.30. The van der Waals surface area contributed by atoms with Crippen LogP contribution in [-0.4, -0.2) is 18.9 Å². The quantitative estimate of drug-likeness (QED) is 0.211. The lowest BCUT2D eigenvalue weighted by atomic mass is 9.79. The maximum Gasteiger partial charge on any atom is 0.343 e. The second-order valence-corrected chi connectivity index (χ2v) is 15.1. The molecule has 2 aliphatic carbocycles. The van der Waals surface area contributed by atoms with E-state index in [1.165, 1.54) is 0 Å². The molecule has 2 aliphatic rings. The van der Waals surface area contributed by atoms with Gasteiger partial charge >= 0.3 is 5.97 Å². The molecule has 39 heavy (non-hydrogen) atoms.